The number of rotatable bonds is 7. The number of carbonyl (C=O) groups excluding carboxylic acids is 3. The van der Waals surface area contributed by atoms with Crippen molar-refractivity contribution in [3.63, 3.8) is 0 Å². The van der Waals surface area contributed by atoms with E-state index in [0.717, 1.165) is 22.6 Å². The van der Waals surface area contributed by atoms with Gasteiger partial charge in [-0.25, -0.2) is 9.69 Å². The summed E-state index contributed by atoms with van der Waals surface area (Å²) in [5, 5.41) is 2.26. The summed E-state index contributed by atoms with van der Waals surface area (Å²) in [6.45, 7) is 2.97. The third-order valence-electron chi connectivity index (χ3n) is 5.21. The summed E-state index contributed by atoms with van der Waals surface area (Å²) >= 11 is 0. The lowest BCUT2D eigenvalue weighted by Crippen LogP contribution is -2.54. The van der Waals surface area contributed by atoms with Gasteiger partial charge in [0.05, 0.1) is 12.2 Å². The first-order chi connectivity index (χ1) is 15.6. The lowest BCUT2D eigenvalue weighted by Gasteiger charge is -2.26. The molecule has 1 fully saturated rings. The van der Waals surface area contributed by atoms with E-state index in [-0.39, 0.29) is 5.57 Å². The van der Waals surface area contributed by atoms with Gasteiger partial charge in [0.25, 0.3) is 11.8 Å². The molecule has 0 radical (unpaired) electrons. The molecule has 1 aromatic heterocycles. The number of hydrogen-bond donors (Lipinski definition) is 1. The average molecular weight is 429 g/mol. The smallest absolute Gasteiger partial charge is 0.335 e. The van der Waals surface area contributed by atoms with Crippen LogP contribution in [0.3, 0.4) is 0 Å². The Morgan fingerprint density at radius 3 is 2.41 bits per heavy atom. The van der Waals surface area contributed by atoms with E-state index < -0.39 is 17.8 Å². The van der Waals surface area contributed by atoms with Gasteiger partial charge >= 0.3 is 6.03 Å². The lowest BCUT2D eigenvalue weighted by atomic mass is 10.1. The highest BCUT2D eigenvalue weighted by Gasteiger charge is 2.36. The van der Waals surface area contributed by atoms with Gasteiger partial charge in [-0.2, -0.15) is 0 Å². The van der Waals surface area contributed by atoms with Crippen LogP contribution >= 0.6 is 0 Å². The van der Waals surface area contributed by atoms with Crippen molar-refractivity contribution >= 4 is 29.6 Å². The zero-order valence-corrected chi connectivity index (χ0v) is 17.7. The second-order valence-electron chi connectivity index (χ2n) is 7.27. The molecule has 1 saturated heterocycles. The summed E-state index contributed by atoms with van der Waals surface area (Å²) in [6, 6.07) is 19.5. The van der Waals surface area contributed by atoms with Gasteiger partial charge in [0.15, 0.2) is 0 Å². The summed E-state index contributed by atoms with van der Waals surface area (Å²) in [7, 11) is 0. The summed E-state index contributed by atoms with van der Waals surface area (Å²) in [5.41, 5.74) is 2.06. The number of aromatic nitrogens is 1. The number of barbiturate groups is 1. The molecule has 0 unspecified atom stereocenters. The second kappa shape index (κ2) is 9.34. The third kappa shape index (κ3) is 4.46. The summed E-state index contributed by atoms with van der Waals surface area (Å²) in [6.07, 6.45) is 4.19. The van der Waals surface area contributed by atoms with Gasteiger partial charge in [0, 0.05) is 11.9 Å². The molecule has 0 saturated carbocycles. The highest BCUT2D eigenvalue weighted by atomic mass is 16.5. The molecule has 4 amide bonds. The van der Waals surface area contributed by atoms with Crippen molar-refractivity contribution in [3.8, 4) is 5.75 Å². The van der Waals surface area contributed by atoms with Crippen LogP contribution < -0.4 is 15.0 Å². The molecule has 3 aromatic rings. The van der Waals surface area contributed by atoms with Gasteiger partial charge in [-0.3, -0.25) is 14.9 Å². The third-order valence-corrected chi connectivity index (χ3v) is 5.21. The maximum absolute atomic E-state index is 13.1. The molecule has 1 N–H and O–H groups in total. The number of urea groups is 1. The van der Waals surface area contributed by atoms with Crippen LogP contribution in [-0.2, 0) is 22.6 Å². The molecule has 32 heavy (non-hydrogen) atoms. The van der Waals surface area contributed by atoms with Gasteiger partial charge in [0.1, 0.15) is 17.9 Å². The van der Waals surface area contributed by atoms with E-state index in [9.17, 15) is 14.4 Å². The van der Waals surface area contributed by atoms with Gasteiger partial charge < -0.3 is 9.30 Å². The number of carbonyl (C=O) groups is 3. The molecule has 7 heteroatoms. The number of para-hydroxylation sites is 1. The molecule has 2 aromatic carbocycles. The average Bonchev–Trinajstić information content (AvgIpc) is 3.24. The Bertz CT molecular complexity index is 1160. The maximum Gasteiger partial charge on any atom is 0.335 e. The quantitative estimate of drug-likeness (QED) is 0.458. The van der Waals surface area contributed by atoms with Crippen molar-refractivity contribution in [2.24, 2.45) is 0 Å². The van der Waals surface area contributed by atoms with Crippen LogP contribution in [0.4, 0.5) is 10.5 Å². The minimum atomic E-state index is -0.756. The molecular weight excluding hydrogens is 406 g/mol. The summed E-state index contributed by atoms with van der Waals surface area (Å²) in [5.74, 6) is -0.601. The predicted molar refractivity (Wildman–Crippen MR) is 121 cm³/mol. The number of aryl methyl sites for hydroxylation is 1. The van der Waals surface area contributed by atoms with Crippen molar-refractivity contribution in [2.45, 2.75) is 19.9 Å². The molecule has 0 aliphatic carbocycles. The van der Waals surface area contributed by atoms with E-state index in [1.54, 1.807) is 18.2 Å². The Morgan fingerprint density at radius 1 is 0.938 bits per heavy atom. The molecule has 7 nitrogen and oxygen atoms in total. The first kappa shape index (κ1) is 21.1. The Morgan fingerprint density at radius 2 is 1.69 bits per heavy atom. The van der Waals surface area contributed by atoms with Crippen LogP contribution in [0.1, 0.15) is 18.2 Å². The van der Waals surface area contributed by atoms with E-state index in [1.165, 1.54) is 6.08 Å². The molecule has 0 spiro atoms. The van der Waals surface area contributed by atoms with Crippen molar-refractivity contribution in [1.82, 2.24) is 9.88 Å². The van der Waals surface area contributed by atoms with Gasteiger partial charge in [-0.1, -0.05) is 37.3 Å². The molecule has 0 bridgehead atoms. The zero-order valence-electron chi connectivity index (χ0n) is 17.7. The fourth-order valence-electron chi connectivity index (χ4n) is 3.46. The van der Waals surface area contributed by atoms with E-state index in [1.807, 2.05) is 66.2 Å². The Hall–Kier alpha value is -4.13. The monoisotopic (exact) mass is 429 g/mol. The van der Waals surface area contributed by atoms with Crippen molar-refractivity contribution in [1.29, 1.82) is 0 Å². The molecule has 162 valence electrons. The van der Waals surface area contributed by atoms with Crippen LogP contribution in [-0.4, -0.2) is 29.0 Å². The minimum absolute atomic E-state index is 0.104. The molecule has 0 atom stereocenters. The molecule has 1 aliphatic heterocycles. The second-order valence-corrected chi connectivity index (χ2v) is 7.27. The number of amides is 4. The largest absolute Gasteiger partial charge is 0.492 e. The molecule has 2 heterocycles. The van der Waals surface area contributed by atoms with Crippen LogP contribution in [0.5, 0.6) is 5.75 Å². The number of imide groups is 2. The fourth-order valence-corrected chi connectivity index (χ4v) is 3.46. The number of anilines is 1. The van der Waals surface area contributed by atoms with E-state index >= 15 is 0 Å². The van der Waals surface area contributed by atoms with E-state index in [4.69, 9.17) is 4.74 Å². The number of hydrogen-bond acceptors (Lipinski definition) is 4. The number of ether oxygens (including phenoxy) is 1. The highest BCUT2D eigenvalue weighted by molar-refractivity contribution is 6.39. The van der Waals surface area contributed by atoms with Crippen LogP contribution in [0.25, 0.3) is 6.08 Å². The molecule has 4 rings (SSSR count). The molecule has 1 aliphatic rings. The van der Waals surface area contributed by atoms with Crippen LogP contribution in [0.15, 0.2) is 78.5 Å². The van der Waals surface area contributed by atoms with Crippen molar-refractivity contribution < 1.29 is 19.1 Å². The normalized spacial score (nSPS) is 15.2. The van der Waals surface area contributed by atoms with Crippen LogP contribution in [0.2, 0.25) is 0 Å². The first-order valence-electron chi connectivity index (χ1n) is 10.4. The fraction of sp³-hybridized carbons (Fsp3) is 0.160. The highest BCUT2D eigenvalue weighted by Crippen LogP contribution is 2.23. The lowest BCUT2D eigenvalue weighted by molar-refractivity contribution is -0.122. The van der Waals surface area contributed by atoms with E-state index in [0.29, 0.717) is 24.5 Å². The summed E-state index contributed by atoms with van der Waals surface area (Å²) in [4.78, 5) is 38.9. The van der Waals surface area contributed by atoms with Crippen molar-refractivity contribution in [3.05, 3.63) is 89.8 Å². The summed E-state index contributed by atoms with van der Waals surface area (Å²) < 4.78 is 7.62. The number of nitrogens with one attached hydrogen (secondary N) is 1. The van der Waals surface area contributed by atoms with E-state index in [2.05, 4.69) is 5.32 Å². The maximum atomic E-state index is 13.1. The SMILES string of the molecule is CCc1ccc(N2C(=O)NC(=O)/C(=C/c3cccn3CCOc3ccccc3)C2=O)cc1. The predicted octanol–water partition coefficient (Wildman–Crippen LogP) is 3.80. The molecular formula is C25H23N3O4. The Labute approximate surface area is 185 Å². The van der Waals surface area contributed by atoms with Crippen LogP contribution in [0, 0.1) is 0 Å². The van der Waals surface area contributed by atoms with Crippen molar-refractivity contribution in [2.75, 3.05) is 11.5 Å². The number of benzene rings is 2. The Balaban J connectivity index is 1.53. The Kier molecular flexibility index (Phi) is 6.17. The minimum Gasteiger partial charge on any atom is -0.492 e. The zero-order chi connectivity index (χ0) is 22.5. The van der Waals surface area contributed by atoms with Gasteiger partial charge in [-0.05, 0) is 54.5 Å². The number of nitrogens with zero attached hydrogens (tertiary/aromatic N) is 2. The first-order valence-corrected chi connectivity index (χ1v) is 10.4. The van der Waals surface area contributed by atoms with Gasteiger partial charge in [0.2, 0.25) is 0 Å². The standard InChI is InChI=1S/C25H23N3O4/c1-2-18-10-12-19(13-11-18)28-24(30)22(23(29)26-25(28)31)17-20-7-6-14-27(20)15-16-32-21-8-4-3-5-9-21/h3-14,17H,2,15-16H2,1H3,(H,26,29,31)/b22-17-. The van der Waals surface area contributed by atoms with Gasteiger partial charge in [-0.15, -0.1) is 0 Å². The topological polar surface area (TPSA) is 80.6 Å².